The highest BCUT2D eigenvalue weighted by Gasteiger charge is 1.95. The van der Waals surface area contributed by atoms with Crippen molar-refractivity contribution in [3.05, 3.63) is 17.7 Å². The SMILES string of the molecule is Cc1ncc(CNCCOCCN(C)C)[nH]1. The number of H-pyrrole nitrogens is 1. The first-order valence-corrected chi connectivity index (χ1v) is 5.62. The Labute approximate surface area is 97.2 Å². The van der Waals surface area contributed by atoms with Gasteiger partial charge in [-0.25, -0.2) is 4.98 Å². The van der Waals surface area contributed by atoms with Crippen LogP contribution in [-0.4, -0.2) is 55.3 Å². The molecule has 5 nitrogen and oxygen atoms in total. The number of imidazole rings is 1. The van der Waals surface area contributed by atoms with Crippen molar-refractivity contribution in [2.45, 2.75) is 13.5 Å². The minimum absolute atomic E-state index is 0.751. The Kier molecular flexibility index (Phi) is 6.07. The van der Waals surface area contributed by atoms with Crippen LogP contribution >= 0.6 is 0 Å². The van der Waals surface area contributed by atoms with Gasteiger partial charge in [0.15, 0.2) is 0 Å². The number of rotatable bonds is 8. The zero-order valence-corrected chi connectivity index (χ0v) is 10.4. The molecule has 0 aromatic carbocycles. The van der Waals surface area contributed by atoms with Gasteiger partial charge in [-0.1, -0.05) is 0 Å². The quantitative estimate of drug-likeness (QED) is 0.630. The molecular formula is C11H22N4O. The zero-order chi connectivity index (χ0) is 11.8. The van der Waals surface area contributed by atoms with Gasteiger partial charge in [0, 0.05) is 31.5 Å². The van der Waals surface area contributed by atoms with Gasteiger partial charge in [-0.15, -0.1) is 0 Å². The van der Waals surface area contributed by atoms with E-state index in [1.165, 1.54) is 0 Å². The third-order valence-electron chi connectivity index (χ3n) is 2.18. The summed E-state index contributed by atoms with van der Waals surface area (Å²) >= 11 is 0. The van der Waals surface area contributed by atoms with Crippen molar-refractivity contribution >= 4 is 0 Å². The molecule has 0 aliphatic heterocycles. The van der Waals surface area contributed by atoms with Crippen molar-refractivity contribution in [1.29, 1.82) is 0 Å². The van der Waals surface area contributed by atoms with E-state index in [0.717, 1.165) is 44.4 Å². The first kappa shape index (κ1) is 13.2. The number of hydrogen-bond acceptors (Lipinski definition) is 4. The molecule has 92 valence electrons. The number of nitrogens with one attached hydrogen (secondary N) is 2. The molecule has 0 spiro atoms. The second-order valence-electron chi connectivity index (χ2n) is 4.09. The predicted molar refractivity (Wildman–Crippen MR) is 64.4 cm³/mol. The molecule has 1 rings (SSSR count). The molecule has 1 aromatic heterocycles. The molecule has 5 heteroatoms. The van der Waals surface area contributed by atoms with Crippen LogP contribution in [0.3, 0.4) is 0 Å². The van der Waals surface area contributed by atoms with Gasteiger partial charge in [0.05, 0.1) is 13.2 Å². The van der Waals surface area contributed by atoms with Crippen LogP contribution in [-0.2, 0) is 11.3 Å². The molecule has 0 aliphatic rings. The summed E-state index contributed by atoms with van der Waals surface area (Å²) in [6.45, 7) is 6.15. The predicted octanol–water partition coefficient (Wildman–Crippen LogP) is 0.386. The van der Waals surface area contributed by atoms with Gasteiger partial charge < -0.3 is 19.9 Å². The summed E-state index contributed by atoms with van der Waals surface area (Å²) in [7, 11) is 4.09. The van der Waals surface area contributed by atoms with Crippen LogP contribution in [0.1, 0.15) is 11.5 Å². The minimum Gasteiger partial charge on any atom is -0.379 e. The summed E-state index contributed by atoms with van der Waals surface area (Å²) in [4.78, 5) is 9.42. The van der Waals surface area contributed by atoms with Crippen molar-refractivity contribution in [1.82, 2.24) is 20.2 Å². The normalized spacial score (nSPS) is 11.2. The minimum atomic E-state index is 0.751. The molecule has 1 heterocycles. The molecule has 0 saturated heterocycles. The maximum atomic E-state index is 5.46. The topological polar surface area (TPSA) is 53.2 Å². The van der Waals surface area contributed by atoms with Crippen LogP contribution in [0.2, 0.25) is 0 Å². The summed E-state index contributed by atoms with van der Waals surface area (Å²) in [6.07, 6.45) is 1.86. The molecule has 0 atom stereocenters. The average Bonchev–Trinajstić information content (AvgIpc) is 2.62. The molecular weight excluding hydrogens is 204 g/mol. The Hall–Kier alpha value is -0.910. The van der Waals surface area contributed by atoms with Crippen LogP contribution in [0.15, 0.2) is 6.20 Å². The van der Waals surface area contributed by atoms with Gasteiger partial charge in [-0.05, 0) is 21.0 Å². The molecule has 0 unspecified atom stereocenters. The lowest BCUT2D eigenvalue weighted by Crippen LogP contribution is -2.23. The Morgan fingerprint density at radius 2 is 2.25 bits per heavy atom. The fraction of sp³-hybridized carbons (Fsp3) is 0.727. The van der Waals surface area contributed by atoms with E-state index in [4.69, 9.17) is 4.74 Å². The van der Waals surface area contributed by atoms with E-state index < -0.39 is 0 Å². The van der Waals surface area contributed by atoms with E-state index in [9.17, 15) is 0 Å². The molecule has 0 saturated carbocycles. The second kappa shape index (κ2) is 7.38. The number of hydrogen-bond donors (Lipinski definition) is 2. The summed E-state index contributed by atoms with van der Waals surface area (Å²) < 4.78 is 5.46. The number of aryl methyl sites for hydroxylation is 1. The van der Waals surface area contributed by atoms with E-state index >= 15 is 0 Å². The Morgan fingerprint density at radius 3 is 2.88 bits per heavy atom. The summed E-state index contributed by atoms with van der Waals surface area (Å²) in [5.41, 5.74) is 1.12. The maximum Gasteiger partial charge on any atom is 0.103 e. The molecule has 0 amide bonds. The Morgan fingerprint density at radius 1 is 1.44 bits per heavy atom. The van der Waals surface area contributed by atoms with Crippen molar-refractivity contribution in [2.75, 3.05) is 40.4 Å². The summed E-state index contributed by atoms with van der Waals surface area (Å²) in [5, 5.41) is 3.29. The lowest BCUT2D eigenvalue weighted by Gasteiger charge is -2.09. The molecule has 0 aliphatic carbocycles. The maximum absolute atomic E-state index is 5.46. The number of likely N-dealkylation sites (N-methyl/N-ethyl adjacent to an activating group) is 1. The van der Waals surface area contributed by atoms with Crippen LogP contribution in [0, 0.1) is 6.92 Å². The van der Waals surface area contributed by atoms with Gasteiger partial charge in [0.2, 0.25) is 0 Å². The smallest absolute Gasteiger partial charge is 0.103 e. The number of ether oxygens (including phenoxy) is 1. The van der Waals surface area contributed by atoms with Crippen LogP contribution in [0.5, 0.6) is 0 Å². The first-order valence-electron chi connectivity index (χ1n) is 5.62. The summed E-state index contributed by atoms with van der Waals surface area (Å²) in [6, 6.07) is 0. The number of aromatic amines is 1. The largest absolute Gasteiger partial charge is 0.379 e. The molecule has 16 heavy (non-hydrogen) atoms. The van der Waals surface area contributed by atoms with Crippen LogP contribution in [0.25, 0.3) is 0 Å². The third-order valence-corrected chi connectivity index (χ3v) is 2.18. The van der Waals surface area contributed by atoms with Crippen molar-refractivity contribution in [3.63, 3.8) is 0 Å². The fourth-order valence-electron chi connectivity index (χ4n) is 1.28. The third kappa shape index (κ3) is 5.85. The lowest BCUT2D eigenvalue weighted by molar-refractivity contribution is 0.119. The number of aromatic nitrogens is 2. The lowest BCUT2D eigenvalue weighted by atomic mass is 10.4. The molecule has 0 bridgehead atoms. The van der Waals surface area contributed by atoms with E-state index in [-0.39, 0.29) is 0 Å². The molecule has 1 aromatic rings. The van der Waals surface area contributed by atoms with E-state index in [0.29, 0.717) is 0 Å². The van der Waals surface area contributed by atoms with Gasteiger partial charge in [0.25, 0.3) is 0 Å². The van der Waals surface area contributed by atoms with Gasteiger partial charge in [-0.3, -0.25) is 0 Å². The Bertz CT molecular complexity index is 285. The highest BCUT2D eigenvalue weighted by atomic mass is 16.5. The molecule has 0 fully saturated rings. The molecule has 0 radical (unpaired) electrons. The standard InChI is InChI=1S/C11H22N4O/c1-10-13-9-11(14-10)8-12-4-6-16-7-5-15(2)3/h9,12H,4-8H2,1-3H3,(H,13,14). The highest BCUT2D eigenvalue weighted by molar-refractivity contribution is 4.98. The second-order valence-corrected chi connectivity index (χ2v) is 4.09. The van der Waals surface area contributed by atoms with E-state index in [1.807, 2.05) is 27.2 Å². The Balaban J connectivity index is 1.92. The van der Waals surface area contributed by atoms with Crippen LogP contribution in [0.4, 0.5) is 0 Å². The van der Waals surface area contributed by atoms with E-state index in [2.05, 4.69) is 20.2 Å². The van der Waals surface area contributed by atoms with Gasteiger partial charge in [0.1, 0.15) is 5.82 Å². The van der Waals surface area contributed by atoms with Crippen molar-refractivity contribution < 1.29 is 4.74 Å². The monoisotopic (exact) mass is 226 g/mol. The van der Waals surface area contributed by atoms with Crippen molar-refractivity contribution in [2.24, 2.45) is 0 Å². The average molecular weight is 226 g/mol. The van der Waals surface area contributed by atoms with Gasteiger partial charge in [-0.2, -0.15) is 0 Å². The van der Waals surface area contributed by atoms with Crippen LogP contribution < -0.4 is 5.32 Å². The number of nitrogens with zero attached hydrogens (tertiary/aromatic N) is 2. The van der Waals surface area contributed by atoms with E-state index in [1.54, 1.807) is 0 Å². The fourth-order valence-corrected chi connectivity index (χ4v) is 1.28. The molecule has 2 N–H and O–H groups in total. The van der Waals surface area contributed by atoms with Crippen molar-refractivity contribution in [3.8, 4) is 0 Å². The first-order chi connectivity index (χ1) is 7.68. The summed E-state index contributed by atoms with van der Waals surface area (Å²) in [5.74, 6) is 0.957. The zero-order valence-electron chi connectivity index (χ0n) is 10.4. The van der Waals surface area contributed by atoms with Gasteiger partial charge >= 0.3 is 0 Å². The highest BCUT2D eigenvalue weighted by Crippen LogP contribution is 1.93.